The molecule has 2 rings (SSSR count). The van der Waals surface area contributed by atoms with Gasteiger partial charge >= 0.3 is 0 Å². The third kappa shape index (κ3) is 4.95. The number of rotatable bonds is 5. The van der Waals surface area contributed by atoms with Crippen molar-refractivity contribution < 1.29 is 0 Å². The van der Waals surface area contributed by atoms with E-state index in [2.05, 4.69) is 38.3 Å². The normalized spacial score (nSPS) is 19.0. The van der Waals surface area contributed by atoms with Gasteiger partial charge in [0.15, 0.2) is 0 Å². The highest BCUT2D eigenvalue weighted by molar-refractivity contribution is 9.10. The molecule has 1 unspecified atom stereocenters. The summed E-state index contributed by atoms with van der Waals surface area (Å²) in [7, 11) is 1.82. The summed E-state index contributed by atoms with van der Waals surface area (Å²) in [5.41, 5.74) is 8.15. The van der Waals surface area contributed by atoms with E-state index in [-0.39, 0.29) is 5.92 Å². The minimum absolute atomic E-state index is 0.197. The Morgan fingerprint density at radius 1 is 1.33 bits per heavy atom. The lowest BCUT2D eigenvalue weighted by Gasteiger charge is -2.30. The van der Waals surface area contributed by atoms with E-state index in [0.717, 1.165) is 40.3 Å². The zero-order chi connectivity index (χ0) is 17.7. The van der Waals surface area contributed by atoms with Crippen LogP contribution in [0.25, 0.3) is 0 Å². The molecule has 6 heteroatoms. The number of nitrogens with zero attached hydrogens (tertiary/aromatic N) is 1. The molecular weight excluding hydrogens is 409 g/mol. The Morgan fingerprint density at radius 2 is 2.00 bits per heavy atom. The van der Waals surface area contributed by atoms with E-state index in [4.69, 9.17) is 28.9 Å². The Bertz CT molecular complexity index is 665. The molecule has 24 heavy (non-hydrogen) atoms. The van der Waals surface area contributed by atoms with Gasteiger partial charge in [-0.15, -0.1) is 0 Å². The second-order valence-corrected chi connectivity index (χ2v) is 7.52. The molecule has 3 N–H and O–H groups in total. The van der Waals surface area contributed by atoms with Crippen molar-refractivity contribution in [2.24, 2.45) is 11.7 Å². The van der Waals surface area contributed by atoms with Crippen molar-refractivity contribution >= 4 is 44.8 Å². The fourth-order valence-corrected chi connectivity index (χ4v) is 3.49. The zero-order valence-corrected chi connectivity index (χ0v) is 16.9. The maximum atomic E-state index is 6.50. The first-order valence-electron chi connectivity index (χ1n) is 7.82. The van der Waals surface area contributed by atoms with Crippen molar-refractivity contribution in [2.45, 2.75) is 19.8 Å². The lowest BCUT2D eigenvalue weighted by molar-refractivity contribution is 0.584. The highest BCUT2D eigenvalue weighted by atomic mass is 79.9. The van der Waals surface area contributed by atoms with Crippen LogP contribution >= 0.6 is 39.1 Å². The molecule has 1 aliphatic rings. The predicted octanol–water partition coefficient (Wildman–Crippen LogP) is 5.28. The van der Waals surface area contributed by atoms with Gasteiger partial charge in [-0.2, -0.15) is 0 Å². The van der Waals surface area contributed by atoms with Crippen LogP contribution in [-0.4, -0.2) is 13.6 Å². The summed E-state index contributed by atoms with van der Waals surface area (Å²) in [6, 6.07) is 8.18. The van der Waals surface area contributed by atoms with E-state index < -0.39 is 0 Å². The van der Waals surface area contributed by atoms with E-state index >= 15 is 0 Å². The molecule has 1 aromatic carbocycles. The first-order valence-corrected chi connectivity index (χ1v) is 9.37. The van der Waals surface area contributed by atoms with Crippen LogP contribution in [0.2, 0.25) is 0 Å². The zero-order valence-electron chi connectivity index (χ0n) is 13.8. The summed E-state index contributed by atoms with van der Waals surface area (Å²) >= 11 is 16.1. The molecule has 0 amide bonds. The maximum absolute atomic E-state index is 6.50. The smallest absolute Gasteiger partial charge is 0.116 e. The van der Waals surface area contributed by atoms with Gasteiger partial charge in [-0.05, 0) is 50.1 Å². The number of nitrogens with two attached hydrogens (primary N) is 1. The Balaban J connectivity index is 2.33. The maximum Gasteiger partial charge on any atom is 0.116 e. The summed E-state index contributed by atoms with van der Waals surface area (Å²) in [4.78, 5) is 2.19. The molecule has 0 bridgehead atoms. The summed E-state index contributed by atoms with van der Waals surface area (Å²) in [6.07, 6.45) is 5.72. The number of hydrogen-bond donors (Lipinski definition) is 2. The lowest BCUT2D eigenvalue weighted by Crippen LogP contribution is -2.32. The largest absolute Gasteiger partial charge is 0.384 e. The van der Waals surface area contributed by atoms with Gasteiger partial charge in [0.05, 0.1) is 5.70 Å². The SMILES string of the molecule is CN/C(N)=C(\C)N(CC1CCC=C(Cl)C=C1Cl)c1ccc(Br)cc1. The third-order valence-electron chi connectivity index (χ3n) is 4.13. The van der Waals surface area contributed by atoms with E-state index in [9.17, 15) is 0 Å². The highest BCUT2D eigenvalue weighted by Gasteiger charge is 2.21. The molecule has 0 aliphatic heterocycles. The molecule has 1 atom stereocenters. The first-order chi connectivity index (χ1) is 11.4. The average molecular weight is 431 g/mol. The monoisotopic (exact) mass is 429 g/mol. The van der Waals surface area contributed by atoms with Crippen molar-refractivity contribution in [2.75, 3.05) is 18.5 Å². The van der Waals surface area contributed by atoms with Crippen molar-refractivity contribution in [3.05, 3.63) is 62.5 Å². The van der Waals surface area contributed by atoms with Gasteiger partial charge in [0.2, 0.25) is 0 Å². The Labute approximate surface area is 162 Å². The van der Waals surface area contributed by atoms with Gasteiger partial charge in [0, 0.05) is 39.7 Å². The van der Waals surface area contributed by atoms with Crippen molar-refractivity contribution in [1.82, 2.24) is 5.32 Å². The number of benzene rings is 1. The van der Waals surface area contributed by atoms with E-state index in [1.807, 2.05) is 38.3 Å². The van der Waals surface area contributed by atoms with Gasteiger partial charge in [-0.25, -0.2) is 0 Å². The van der Waals surface area contributed by atoms with Crippen LogP contribution in [-0.2, 0) is 0 Å². The fourth-order valence-electron chi connectivity index (χ4n) is 2.65. The van der Waals surface area contributed by atoms with Crippen molar-refractivity contribution in [3.8, 4) is 0 Å². The third-order valence-corrected chi connectivity index (χ3v) is 5.34. The molecule has 3 nitrogen and oxygen atoms in total. The van der Waals surface area contributed by atoms with Gasteiger partial charge < -0.3 is 16.0 Å². The van der Waals surface area contributed by atoms with Crippen LogP contribution in [0.1, 0.15) is 19.8 Å². The number of anilines is 1. The number of nitrogens with one attached hydrogen (secondary N) is 1. The second kappa shape index (κ2) is 8.84. The summed E-state index contributed by atoms with van der Waals surface area (Å²) < 4.78 is 1.04. The number of halogens is 3. The average Bonchev–Trinajstić information content (AvgIpc) is 2.72. The Kier molecular flexibility index (Phi) is 7.08. The molecule has 1 aliphatic carbocycles. The summed E-state index contributed by atoms with van der Waals surface area (Å²) in [5.74, 6) is 0.838. The van der Waals surface area contributed by atoms with E-state index in [0.29, 0.717) is 10.9 Å². The Morgan fingerprint density at radius 3 is 2.62 bits per heavy atom. The molecule has 0 heterocycles. The van der Waals surface area contributed by atoms with Gasteiger partial charge in [0.25, 0.3) is 0 Å². The van der Waals surface area contributed by atoms with Crippen LogP contribution in [0.3, 0.4) is 0 Å². The number of hydrogen-bond acceptors (Lipinski definition) is 3. The first kappa shape index (κ1) is 19.2. The molecule has 0 saturated heterocycles. The molecule has 0 fully saturated rings. The van der Waals surface area contributed by atoms with Crippen LogP contribution in [0.5, 0.6) is 0 Å². The molecule has 0 spiro atoms. The number of allylic oxidation sites excluding steroid dienone is 4. The minimum atomic E-state index is 0.197. The highest BCUT2D eigenvalue weighted by Crippen LogP contribution is 2.32. The van der Waals surface area contributed by atoms with Crippen molar-refractivity contribution in [3.63, 3.8) is 0 Å². The summed E-state index contributed by atoms with van der Waals surface area (Å²) in [6.45, 7) is 2.75. The Hall–Kier alpha value is -1.10. The van der Waals surface area contributed by atoms with Crippen LogP contribution in [0.15, 0.2) is 62.5 Å². The lowest BCUT2D eigenvalue weighted by atomic mass is 10.0. The molecule has 0 saturated carbocycles. The van der Waals surface area contributed by atoms with Crippen LogP contribution in [0, 0.1) is 5.92 Å². The fraction of sp³-hybridized carbons (Fsp3) is 0.333. The topological polar surface area (TPSA) is 41.3 Å². The van der Waals surface area contributed by atoms with Crippen LogP contribution < -0.4 is 16.0 Å². The van der Waals surface area contributed by atoms with Crippen LogP contribution in [0.4, 0.5) is 5.69 Å². The van der Waals surface area contributed by atoms with Crippen molar-refractivity contribution in [1.29, 1.82) is 0 Å². The summed E-state index contributed by atoms with van der Waals surface area (Å²) in [5, 5.41) is 4.51. The van der Waals surface area contributed by atoms with Gasteiger partial charge in [-0.3, -0.25) is 0 Å². The molecule has 0 radical (unpaired) electrons. The molecule has 130 valence electrons. The predicted molar refractivity (Wildman–Crippen MR) is 108 cm³/mol. The molecular formula is C18H22BrCl2N3. The van der Waals surface area contributed by atoms with Gasteiger partial charge in [0.1, 0.15) is 5.82 Å². The van der Waals surface area contributed by atoms with Gasteiger partial charge in [-0.1, -0.05) is 45.2 Å². The molecule has 1 aromatic rings. The van der Waals surface area contributed by atoms with E-state index in [1.54, 1.807) is 0 Å². The molecule has 0 aromatic heterocycles. The standard InChI is InChI=1S/C18H22BrCl2N3/c1-12(18(22)23-2)24(16-8-6-14(19)7-9-16)11-13-4-3-5-15(20)10-17(13)21/h5-10,13,23H,3-4,11,22H2,1-2H3/b18-12+. The second-order valence-electron chi connectivity index (χ2n) is 5.73. The quantitative estimate of drug-likeness (QED) is 0.667. The minimum Gasteiger partial charge on any atom is -0.384 e. The van der Waals surface area contributed by atoms with E-state index in [1.165, 1.54) is 0 Å².